The molecule has 5 heteroatoms. The molecule has 1 aromatic carbocycles. The largest absolute Gasteiger partial charge is 0.368 e. The second kappa shape index (κ2) is 5.16. The van der Waals surface area contributed by atoms with Crippen LogP contribution in [0.4, 0.5) is 5.82 Å². The van der Waals surface area contributed by atoms with Crippen molar-refractivity contribution < 1.29 is 4.79 Å². The third-order valence-electron chi connectivity index (χ3n) is 2.27. The Morgan fingerprint density at radius 1 is 1.29 bits per heavy atom. The number of primary amides is 1. The minimum atomic E-state index is -0.400. The predicted octanol–water partition coefficient (Wildman–Crippen LogP) is 0.829. The van der Waals surface area contributed by atoms with Gasteiger partial charge in [-0.25, -0.2) is 0 Å². The average molecular weight is 230 g/mol. The molecule has 2 aromatic rings. The van der Waals surface area contributed by atoms with Crippen LogP contribution in [-0.4, -0.2) is 22.2 Å². The fraction of sp³-hybridized carbons (Fsp3) is 0.167. The van der Waals surface area contributed by atoms with Crippen LogP contribution in [0.1, 0.15) is 5.56 Å². The summed E-state index contributed by atoms with van der Waals surface area (Å²) in [5.41, 5.74) is 6.21. The number of aromatic nitrogens is 2. The highest BCUT2D eigenvalue weighted by Crippen LogP contribution is 2.05. The number of hydrogen-bond acceptors (Lipinski definition) is 3. The van der Waals surface area contributed by atoms with Gasteiger partial charge in [0.05, 0.1) is 13.1 Å². The summed E-state index contributed by atoms with van der Waals surface area (Å²) in [6.45, 7) is 0.807. The van der Waals surface area contributed by atoms with E-state index in [9.17, 15) is 4.79 Å². The van der Waals surface area contributed by atoms with E-state index in [0.717, 1.165) is 0 Å². The fourth-order valence-electron chi connectivity index (χ4n) is 1.49. The van der Waals surface area contributed by atoms with E-state index in [0.29, 0.717) is 12.4 Å². The summed E-state index contributed by atoms with van der Waals surface area (Å²) in [6.07, 6.45) is 1.86. The first kappa shape index (κ1) is 11.2. The zero-order valence-corrected chi connectivity index (χ0v) is 9.34. The zero-order valence-electron chi connectivity index (χ0n) is 9.34. The number of hydrogen-bond donors (Lipinski definition) is 2. The van der Waals surface area contributed by atoms with E-state index in [1.165, 1.54) is 5.56 Å². The summed E-state index contributed by atoms with van der Waals surface area (Å²) in [7, 11) is 0. The van der Waals surface area contributed by atoms with Gasteiger partial charge in [0.2, 0.25) is 5.91 Å². The number of carbonyl (C=O) groups excluding carboxylic acids is 1. The van der Waals surface area contributed by atoms with Gasteiger partial charge >= 0.3 is 0 Å². The maximum Gasteiger partial charge on any atom is 0.236 e. The highest BCUT2D eigenvalue weighted by molar-refractivity contribution is 5.78. The molecule has 2 rings (SSSR count). The number of rotatable bonds is 5. The lowest BCUT2D eigenvalue weighted by atomic mass is 10.2. The normalized spacial score (nSPS) is 10.1. The Bertz CT molecular complexity index is 492. The lowest BCUT2D eigenvalue weighted by molar-refractivity contribution is -0.116. The van der Waals surface area contributed by atoms with Crippen LogP contribution in [-0.2, 0) is 11.3 Å². The Morgan fingerprint density at radius 2 is 2.06 bits per heavy atom. The summed E-state index contributed by atoms with van der Waals surface area (Å²) >= 11 is 0. The number of amides is 1. The van der Waals surface area contributed by atoms with Crippen LogP contribution >= 0.6 is 0 Å². The Balaban J connectivity index is 1.97. The molecule has 0 unspecified atom stereocenters. The van der Waals surface area contributed by atoms with Crippen LogP contribution in [0.25, 0.3) is 0 Å². The maximum atomic E-state index is 10.6. The van der Waals surface area contributed by atoms with Crippen molar-refractivity contribution in [1.82, 2.24) is 9.78 Å². The van der Waals surface area contributed by atoms with Gasteiger partial charge in [-0.1, -0.05) is 30.3 Å². The first-order valence-electron chi connectivity index (χ1n) is 5.33. The number of nitrogens with two attached hydrogens (primary N) is 1. The van der Waals surface area contributed by atoms with Crippen molar-refractivity contribution in [2.45, 2.75) is 6.54 Å². The highest BCUT2D eigenvalue weighted by atomic mass is 16.1. The molecular formula is C12H14N4O. The molecule has 0 saturated heterocycles. The lowest BCUT2D eigenvalue weighted by Gasteiger charge is -2.01. The summed E-state index contributed by atoms with van der Waals surface area (Å²) in [6, 6.07) is 11.9. The Labute approximate surface area is 99.2 Å². The molecule has 5 nitrogen and oxygen atoms in total. The van der Waals surface area contributed by atoms with E-state index in [4.69, 9.17) is 5.73 Å². The van der Waals surface area contributed by atoms with Crippen molar-refractivity contribution in [2.24, 2.45) is 5.73 Å². The van der Waals surface area contributed by atoms with E-state index >= 15 is 0 Å². The Kier molecular flexibility index (Phi) is 3.40. The van der Waals surface area contributed by atoms with Gasteiger partial charge in [0.25, 0.3) is 0 Å². The third-order valence-corrected chi connectivity index (χ3v) is 2.27. The van der Waals surface area contributed by atoms with Gasteiger partial charge in [0.1, 0.15) is 5.82 Å². The van der Waals surface area contributed by atoms with E-state index in [2.05, 4.69) is 10.4 Å². The Morgan fingerprint density at radius 3 is 2.76 bits per heavy atom. The highest BCUT2D eigenvalue weighted by Gasteiger charge is 2.00. The summed E-state index contributed by atoms with van der Waals surface area (Å²) in [5, 5.41) is 7.12. The van der Waals surface area contributed by atoms with E-state index in [1.54, 1.807) is 4.68 Å². The van der Waals surface area contributed by atoms with E-state index < -0.39 is 5.91 Å². The number of anilines is 1. The van der Waals surface area contributed by atoms with Crippen LogP contribution in [0.2, 0.25) is 0 Å². The zero-order chi connectivity index (χ0) is 12.1. The molecule has 0 spiro atoms. The van der Waals surface area contributed by atoms with E-state index in [-0.39, 0.29) is 6.54 Å². The smallest absolute Gasteiger partial charge is 0.236 e. The van der Waals surface area contributed by atoms with Crippen molar-refractivity contribution in [3.05, 3.63) is 48.2 Å². The fourth-order valence-corrected chi connectivity index (χ4v) is 1.49. The van der Waals surface area contributed by atoms with Crippen LogP contribution in [0.3, 0.4) is 0 Å². The number of nitrogens with zero attached hydrogens (tertiary/aromatic N) is 2. The molecule has 3 N–H and O–H groups in total. The predicted molar refractivity (Wildman–Crippen MR) is 65.5 cm³/mol. The lowest BCUT2D eigenvalue weighted by Crippen LogP contribution is -2.22. The SMILES string of the molecule is NC(=O)CNc1ccn(Cc2ccccc2)n1. The van der Waals surface area contributed by atoms with Crippen molar-refractivity contribution in [2.75, 3.05) is 11.9 Å². The third kappa shape index (κ3) is 3.34. The molecule has 1 aromatic heterocycles. The topological polar surface area (TPSA) is 72.9 Å². The van der Waals surface area contributed by atoms with Crippen LogP contribution in [0.15, 0.2) is 42.6 Å². The molecule has 0 saturated carbocycles. The van der Waals surface area contributed by atoms with Crippen molar-refractivity contribution in [1.29, 1.82) is 0 Å². The Hall–Kier alpha value is -2.30. The summed E-state index contributed by atoms with van der Waals surface area (Å²) in [5.74, 6) is 0.252. The van der Waals surface area contributed by atoms with Gasteiger partial charge in [-0.3, -0.25) is 9.48 Å². The van der Waals surface area contributed by atoms with E-state index in [1.807, 2.05) is 42.6 Å². The van der Waals surface area contributed by atoms with Crippen LogP contribution in [0, 0.1) is 0 Å². The molecule has 1 heterocycles. The molecule has 0 aliphatic heterocycles. The van der Waals surface area contributed by atoms with Gasteiger partial charge in [-0.2, -0.15) is 5.10 Å². The number of nitrogens with one attached hydrogen (secondary N) is 1. The molecule has 0 fully saturated rings. The minimum absolute atomic E-state index is 0.0996. The molecule has 88 valence electrons. The van der Waals surface area contributed by atoms with Gasteiger partial charge in [0, 0.05) is 12.3 Å². The molecule has 0 atom stereocenters. The second-order valence-corrected chi connectivity index (χ2v) is 3.70. The maximum absolute atomic E-state index is 10.6. The molecule has 0 aliphatic carbocycles. The number of carbonyl (C=O) groups is 1. The molecule has 0 radical (unpaired) electrons. The van der Waals surface area contributed by atoms with Gasteiger partial charge in [0.15, 0.2) is 0 Å². The molecule has 17 heavy (non-hydrogen) atoms. The van der Waals surface area contributed by atoms with Crippen molar-refractivity contribution in [3.8, 4) is 0 Å². The van der Waals surface area contributed by atoms with Gasteiger partial charge in [-0.15, -0.1) is 0 Å². The van der Waals surface area contributed by atoms with Crippen LogP contribution in [0.5, 0.6) is 0 Å². The molecule has 1 amide bonds. The average Bonchev–Trinajstić information content (AvgIpc) is 2.75. The summed E-state index contributed by atoms with van der Waals surface area (Å²) < 4.78 is 1.80. The standard InChI is InChI=1S/C12H14N4O/c13-11(17)8-14-12-6-7-16(15-12)9-10-4-2-1-3-5-10/h1-7H,8-9H2,(H2,13,17)(H,14,15). The first-order chi connectivity index (χ1) is 8.24. The molecular weight excluding hydrogens is 216 g/mol. The second-order valence-electron chi connectivity index (χ2n) is 3.70. The van der Waals surface area contributed by atoms with Crippen LogP contribution < -0.4 is 11.1 Å². The quantitative estimate of drug-likeness (QED) is 0.799. The van der Waals surface area contributed by atoms with Crippen molar-refractivity contribution in [3.63, 3.8) is 0 Å². The number of benzene rings is 1. The molecule has 0 aliphatic rings. The monoisotopic (exact) mass is 230 g/mol. The van der Waals surface area contributed by atoms with Crippen molar-refractivity contribution >= 4 is 11.7 Å². The first-order valence-corrected chi connectivity index (χ1v) is 5.33. The summed E-state index contributed by atoms with van der Waals surface area (Å²) in [4.78, 5) is 10.6. The van der Waals surface area contributed by atoms with Gasteiger partial charge < -0.3 is 11.1 Å². The minimum Gasteiger partial charge on any atom is -0.368 e. The van der Waals surface area contributed by atoms with Gasteiger partial charge in [-0.05, 0) is 5.56 Å². The molecule has 0 bridgehead atoms.